The lowest BCUT2D eigenvalue weighted by Gasteiger charge is -2.43. The van der Waals surface area contributed by atoms with Crippen LogP contribution in [0.3, 0.4) is 0 Å². The number of nitrogens with two attached hydrogens (primary N) is 1. The molecule has 4 nitrogen and oxygen atoms in total. The highest BCUT2D eigenvalue weighted by atomic mass is 127. The van der Waals surface area contributed by atoms with E-state index in [9.17, 15) is 9.90 Å². The van der Waals surface area contributed by atoms with Crippen molar-refractivity contribution in [2.75, 3.05) is 0 Å². The van der Waals surface area contributed by atoms with Crippen molar-refractivity contribution >= 4 is 28.7 Å². The van der Waals surface area contributed by atoms with E-state index in [0.29, 0.717) is 6.42 Å². The molecule has 2 rings (SSSR count). The molecule has 0 spiro atoms. The Balaban J connectivity index is 2.36. The summed E-state index contributed by atoms with van der Waals surface area (Å²) >= 11 is 2.28. The number of benzene rings is 1. The highest BCUT2D eigenvalue weighted by molar-refractivity contribution is 14.1. The van der Waals surface area contributed by atoms with Gasteiger partial charge in [0.15, 0.2) is 0 Å². The summed E-state index contributed by atoms with van der Waals surface area (Å²) in [6.45, 7) is 2.16. The zero-order valence-electron chi connectivity index (χ0n) is 14.3. The number of hydrogen-bond acceptors (Lipinski definition) is 3. The fraction of sp³-hybridized carbons (Fsp3) is 0.632. The topological polar surface area (TPSA) is 72.6 Å². The molecule has 134 valence electrons. The van der Waals surface area contributed by atoms with Crippen LogP contribution >= 0.6 is 22.6 Å². The average molecular weight is 445 g/mol. The Hall–Kier alpha value is -0.820. The summed E-state index contributed by atoms with van der Waals surface area (Å²) in [5.41, 5.74) is 5.25. The van der Waals surface area contributed by atoms with Gasteiger partial charge >= 0.3 is 6.09 Å². The number of ether oxygens (including phenoxy) is 1. The fourth-order valence-electron chi connectivity index (χ4n) is 3.91. The number of primary amides is 1. The molecule has 1 aromatic rings. The third kappa shape index (κ3) is 4.63. The van der Waals surface area contributed by atoms with Gasteiger partial charge in [0.1, 0.15) is 6.10 Å². The molecule has 3 atom stereocenters. The minimum Gasteiger partial charge on any atom is -0.446 e. The number of rotatable bonds is 7. The number of unbranched alkanes of at least 4 members (excludes halogenated alkanes) is 2. The van der Waals surface area contributed by atoms with Gasteiger partial charge in [-0.25, -0.2) is 4.79 Å². The summed E-state index contributed by atoms with van der Waals surface area (Å²) in [6, 6.07) is 7.97. The molecule has 24 heavy (non-hydrogen) atoms. The van der Waals surface area contributed by atoms with E-state index in [1.54, 1.807) is 0 Å². The van der Waals surface area contributed by atoms with Crippen LogP contribution in [0.4, 0.5) is 4.79 Å². The van der Waals surface area contributed by atoms with Crippen LogP contribution in [0.25, 0.3) is 0 Å². The summed E-state index contributed by atoms with van der Waals surface area (Å²) in [5, 5.41) is 11.8. The van der Waals surface area contributed by atoms with Crippen LogP contribution < -0.4 is 5.73 Å². The second-order valence-electron chi connectivity index (χ2n) is 6.73. The Bertz CT molecular complexity index is 551. The normalized spacial score (nSPS) is 23.5. The van der Waals surface area contributed by atoms with Crippen molar-refractivity contribution in [2.45, 2.75) is 70.0 Å². The van der Waals surface area contributed by atoms with Gasteiger partial charge in [-0.15, -0.1) is 0 Å². The molecule has 0 aliphatic heterocycles. The Morgan fingerprint density at radius 2 is 2.04 bits per heavy atom. The van der Waals surface area contributed by atoms with Crippen LogP contribution in [-0.2, 0) is 10.3 Å². The SMILES string of the molecule is CCCCC[C@@](O)(c1ccccc1I)[C@H]1CCCC[C@@H]1OC(N)=O. The van der Waals surface area contributed by atoms with Crippen LogP contribution in [0.2, 0.25) is 0 Å². The summed E-state index contributed by atoms with van der Waals surface area (Å²) in [5.74, 6) is -0.105. The Morgan fingerprint density at radius 3 is 2.71 bits per heavy atom. The molecule has 0 radical (unpaired) electrons. The number of carbonyl (C=O) groups is 1. The number of halogens is 1. The zero-order valence-corrected chi connectivity index (χ0v) is 16.5. The van der Waals surface area contributed by atoms with E-state index in [1.807, 2.05) is 24.3 Å². The molecule has 1 aromatic carbocycles. The number of carbonyl (C=O) groups excluding carboxylic acids is 1. The zero-order chi connectivity index (χ0) is 17.6. The van der Waals surface area contributed by atoms with Crippen molar-refractivity contribution in [2.24, 2.45) is 11.7 Å². The number of amides is 1. The largest absolute Gasteiger partial charge is 0.446 e. The smallest absolute Gasteiger partial charge is 0.404 e. The van der Waals surface area contributed by atoms with E-state index in [2.05, 4.69) is 29.5 Å². The quantitative estimate of drug-likeness (QED) is 0.472. The van der Waals surface area contributed by atoms with Gasteiger partial charge in [0, 0.05) is 9.49 Å². The van der Waals surface area contributed by atoms with Crippen molar-refractivity contribution in [3.05, 3.63) is 33.4 Å². The third-order valence-corrected chi connectivity index (χ3v) is 6.03. The van der Waals surface area contributed by atoms with Crippen molar-refractivity contribution in [3.8, 4) is 0 Å². The molecule has 0 unspecified atom stereocenters. The Kier molecular flexibility index (Phi) is 7.34. The van der Waals surface area contributed by atoms with Crippen LogP contribution in [0.1, 0.15) is 63.9 Å². The van der Waals surface area contributed by atoms with Crippen molar-refractivity contribution in [1.29, 1.82) is 0 Å². The van der Waals surface area contributed by atoms with Crippen molar-refractivity contribution in [3.63, 3.8) is 0 Å². The highest BCUT2D eigenvalue weighted by Gasteiger charge is 2.45. The molecule has 0 heterocycles. The first-order valence-electron chi connectivity index (χ1n) is 8.92. The summed E-state index contributed by atoms with van der Waals surface area (Å²) in [6.07, 6.45) is 6.45. The van der Waals surface area contributed by atoms with Gasteiger partial charge in [-0.1, -0.05) is 50.8 Å². The van der Waals surface area contributed by atoms with Gasteiger partial charge in [-0.05, 0) is 59.9 Å². The van der Waals surface area contributed by atoms with Crippen LogP contribution in [0.15, 0.2) is 24.3 Å². The first-order valence-corrected chi connectivity index (χ1v) is 10.0. The molecule has 1 aliphatic rings. The van der Waals surface area contributed by atoms with E-state index in [1.165, 1.54) is 0 Å². The maximum atomic E-state index is 11.8. The van der Waals surface area contributed by atoms with Crippen LogP contribution in [0, 0.1) is 9.49 Å². The van der Waals surface area contributed by atoms with Gasteiger partial charge in [0.25, 0.3) is 0 Å². The summed E-state index contributed by atoms with van der Waals surface area (Å²) < 4.78 is 6.45. The molecule has 1 fully saturated rings. The van der Waals surface area contributed by atoms with Gasteiger partial charge in [0.05, 0.1) is 5.60 Å². The average Bonchev–Trinajstić information content (AvgIpc) is 2.55. The molecular formula is C19H28INO3. The highest BCUT2D eigenvalue weighted by Crippen LogP contribution is 2.45. The first-order chi connectivity index (χ1) is 11.5. The predicted molar refractivity (Wildman–Crippen MR) is 104 cm³/mol. The van der Waals surface area contributed by atoms with E-state index in [-0.39, 0.29) is 12.0 Å². The molecule has 1 aliphatic carbocycles. The monoisotopic (exact) mass is 445 g/mol. The van der Waals surface area contributed by atoms with Crippen LogP contribution in [-0.4, -0.2) is 17.3 Å². The lowest BCUT2D eigenvalue weighted by atomic mass is 9.69. The fourth-order valence-corrected chi connectivity index (χ4v) is 4.76. The Morgan fingerprint density at radius 1 is 1.33 bits per heavy atom. The molecule has 0 saturated heterocycles. The second-order valence-corrected chi connectivity index (χ2v) is 7.89. The number of hydrogen-bond donors (Lipinski definition) is 2. The maximum Gasteiger partial charge on any atom is 0.404 e. The summed E-state index contributed by atoms with van der Waals surface area (Å²) in [7, 11) is 0. The Labute approximate surface area is 158 Å². The lowest BCUT2D eigenvalue weighted by molar-refractivity contribution is -0.101. The predicted octanol–water partition coefficient (Wildman–Crippen LogP) is 4.71. The lowest BCUT2D eigenvalue weighted by Crippen LogP contribution is -2.46. The van der Waals surface area contributed by atoms with Gasteiger partial charge in [-0.2, -0.15) is 0 Å². The van der Waals surface area contributed by atoms with Crippen LogP contribution in [0.5, 0.6) is 0 Å². The second kappa shape index (κ2) is 9.04. The van der Waals surface area contributed by atoms with Gasteiger partial charge in [0.2, 0.25) is 0 Å². The molecule has 5 heteroatoms. The van der Waals surface area contributed by atoms with Crippen molar-refractivity contribution in [1.82, 2.24) is 0 Å². The molecule has 0 bridgehead atoms. The standard InChI is InChI=1S/C19H28INO3/c1-2-3-8-13-19(23,14-9-4-6-11-16(14)20)15-10-5-7-12-17(15)24-18(21)22/h4,6,9,11,15,17,23H,2-3,5,7-8,10,12-13H2,1H3,(H2,21,22)/t15-,17-,19+/m0/s1. The molecule has 1 saturated carbocycles. The summed E-state index contributed by atoms with van der Waals surface area (Å²) in [4.78, 5) is 11.3. The number of aliphatic hydroxyl groups is 1. The van der Waals surface area contributed by atoms with Crippen molar-refractivity contribution < 1.29 is 14.6 Å². The van der Waals surface area contributed by atoms with Gasteiger partial charge in [-0.3, -0.25) is 0 Å². The maximum absolute atomic E-state index is 11.8. The molecule has 0 aromatic heterocycles. The molecule has 1 amide bonds. The molecule has 3 N–H and O–H groups in total. The first kappa shape index (κ1) is 19.5. The van der Waals surface area contributed by atoms with E-state index in [4.69, 9.17) is 10.5 Å². The minimum absolute atomic E-state index is 0.105. The van der Waals surface area contributed by atoms with Gasteiger partial charge < -0.3 is 15.6 Å². The third-order valence-electron chi connectivity index (χ3n) is 5.09. The minimum atomic E-state index is -0.979. The van der Waals surface area contributed by atoms with E-state index < -0.39 is 11.7 Å². The van der Waals surface area contributed by atoms with E-state index >= 15 is 0 Å². The molecular weight excluding hydrogens is 417 g/mol. The van der Waals surface area contributed by atoms with E-state index in [0.717, 1.165) is 54.1 Å².